The minimum atomic E-state index is -0.687. The Morgan fingerprint density at radius 1 is 1.47 bits per heavy atom. The van der Waals surface area contributed by atoms with Gasteiger partial charge in [-0.1, -0.05) is 24.4 Å². The highest BCUT2D eigenvalue weighted by Gasteiger charge is 2.40. The largest absolute Gasteiger partial charge is 0.504 e. The fourth-order valence-electron chi connectivity index (χ4n) is 2.99. The Hall–Kier alpha value is -1.51. The van der Waals surface area contributed by atoms with E-state index in [9.17, 15) is 9.90 Å². The number of methoxy groups -OCH3 is 1. The van der Waals surface area contributed by atoms with E-state index < -0.39 is 5.54 Å². The third kappa shape index (κ3) is 2.22. The Balaban J connectivity index is 2.70. The quantitative estimate of drug-likeness (QED) is 0.682. The molecule has 0 aromatic heterocycles. The van der Waals surface area contributed by atoms with Crippen LogP contribution in [0.2, 0.25) is 5.02 Å². The number of phenolic OH excluding ortho intramolecular Hbond substituents is 1. The van der Waals surface area contributed by atoms with Crippen molar-refractivity contribution >= 4 is 17.7 Å². The molecule has 2 rings (SSSR count). The van der Waals surface area contributed by atoms with Crippen LogP contribution >= 0.6 is 11.6 Å². The third-order valence-corrected chi connectivity index (χ3v) is 4.05. The van der Waals surface area contributed by atoms with Crippen molar-refractivity contribution in [3.8, 4) is 11.5 Å². The van der Waals surface area contributed by atoms with Crippen molar-refractivity contribution < 1.29 is 14.6 Å². The Morgan fingerprint density at radius 2 is 2.11 bits per heavy atom. The first-order valence-electron chi connectivity index (χ1n) is 6.21. The van der Waals surface area contributed by atoms with Crippen LogP contribution in [0, 0.1) is 6.92 Å². The monoisotopic (exact) mass is 281 g/mol. The Kier molecular flexibility index (Phi) is 3.83. The highest BCUT2D eigenvalue weighted by Crippen LogP contribution is 2.51. The van der Waals surface area contributed by atoms with E-state index in [2.05, 4.69) is 4.99 Å². The first-order chi connectivity index (χ1) is 9.05. The van der Waals surface area contributed by atoms with Crippen LogP contribution in [-0.2, 0) is 10.3 Å². The maximum absolute atomic E-state index is 10.8. The number of isocyanates is 1. The summed E-state index contributed by atoms with van der Waals surface area (Å²) in [5.41, 5.74) is 0.757. The molecule has 0 radical (unpaired) electrons. The van der Waals surface area contributed by atoms with Gasteiger partial charge in [0, 0.05) is 5.56 Å². The van der Waals surface area contributed by atoms with Crippen LogP contribution in [0.5, 0.6) is 11.5 Å². The summed E-state index contributed by atoms with van der Waals surface area (Å²) in [5.74, 6) is 0.211. The molecule has 19 heavy (non-hydrogen) atoms. The van der Waals surface area contributed by atoms with Crippen LogP contribution in [0.3, 0.4) is 0 Å². The second-order valence-corrected chi connectivity index (χ2v) is 5.28. The summed E-state index contributed by atoms with van der Waals surface area (Å²) >= 11 is 6.04. The number of carbonyl (C=O) groups excluding carboxylic acids is 1. The molecule has 0 aliphatic heterocycles. The Morgan fingerprint density at radius 3 is 2.63 bits per heavy atom. The second kappa shape index (κ2) is 5.24. The maximum atomic E-state index is 10.8. The fourth-order valence-corrected chi connectivity index (χ4v) is 3.32. The lowest BCUT2D eigenvalue weighted by molar-refractivity contribution is 0.354. The number of nitrogens with zero attached hydrogens (tertiary/aromatic N) is 1. The lowest BCUT2D eigenvalue weighted by atomic mass is 9.85. The van der Waals surface area contributed by atoms with E-state index in [4.69, 9.17) is 16.3 Å². The number of aryl methyl sites for hydroxylation is 1. The lowest BCUT2D eigenvalue weighted by Crippen LogP contribution is -2.21. The molecule has 1 aromatic rings. The van der Waals surface area contributed by atoms with Crippen molar-refractivity contribution in [2.75, 3.05) is 7.11 Å². The summed E-state index contributed by atoms with van der Waals surface area (Å²) in [7, 11) is 1.45. The van der Waals surface area contributed by atoms with Crippen molar-refractivity contribution in [1.29, 1.82) is 0 Å². The molecular weight excluding hydrogens is 266 g/mol. The van der Waals surface area contributed by atoms with Crippen LogP contribution in [-0.4, -0.2) is 18.3 Å². The first-order valence-corrected chi connectivity index (χ1v) is 6.59. The second-order valence-electron chi connectivity index (χ2n) is 4.87. The van der Waals surface area contributed by atoms with E-state index in [0.29, 0.717) is 10.6 Å². The molecule has 1 aromatic carbocycles. The average Bonchev–Trinajstić information content (AvgIpc) is 2.78. The summed E-state index contributed by atoms with van der Waals surface area (Å²) in [6, 6.07) is 1.73. The molecule has 102 valence electrons. The van der Waals surface area contributed by atoms with E-state index in [1.807, 2.05) is 6.92 Å². The molecule has 0 bridgehead atoms. The van der Waals surface area contributed by atoms with Gasteiger partial charge in [0.05, 0.1) is 12.1 Å². The number of phenols is 1. The van der Waals surface area contributed by atoms with Gasteiger partial charge in [0.1, 0.15) is 5.54 Å². The molecule has 0 spiro atoms. The van der Waals surface area contributed by atoms with Gasteiger partial charge in [-0.2, -0.15) is 4.99 Å². The predicted octanol–water partition coefficient (Wildman–Crippen LogP) is 3.47. The van der Waals surface area contributed by atoms with Crippen LogP contribution in [0.15, 0.2) is 11.1 Å². The first kappa shape index (κ1) is 13.9. The smallest absolute Gasteiger partial charge is 0.235 e. The summed E-state index contributed by atoms with van der Waals surface area (Å²) in [6.07, 6.45) is 5.03. The zero-order valence-corrected chi connectivity index (χ0v) is 11.8. The zero-order chi connectivity index (χ0) is 14.0. The standard InChI is InChI=1S/C14H16ClNO3/c1-9-7-10(15)13(19-2)12(18)11(9)14(16-8-17)5-3-4-6-14/h7,18H,3-6H2,1-2H3. The van der Waals surface area contributed by atoms with E-state index in [1.165, 1.54) is 7.11 Å². The number of hydrogen-bond acceptors (Lipinski definition) is 4. The van der Waals surface area contributed by atoms with E-state index >= 15 is 0 Å². The van der Waals surface area contributed by atoms with Crippen LogP contribution in [0.4, 0.5) is 0 Å². The molecule has 0 unspecified atom stereocenters. The fraction of sp³-hybridized carbons (Fsp3) is 0.500. The van der Waals surface area contributed by atoms with Crippen molar-refractivity contribution in [3.05, 3.63) is 22.2 Å². The molecule has 1 N–H and O–H groups in total. The van der Waals surface area contributed by atoms with Gasteiger partial charge in [-0.15, -0.1) is 0 Å². The molecule has 0 atom stereocenters. The van der Waals surface area contributed by atoms with Gasteiger partial charge >= 0.3 is 0 Å². The minimum Gasteiger partial charge on any atom is -0.504 e. The molecular formula is C14H16ClNO3. The highest BCUT2D eigenvalue weighted by molar-refractivity contribution is 6.32. The number of rotatable bonds is 3. The predicted molar refractivity (Wildman–Crippen MR) is 72.7 cm³/mol. The van der Waals surface area contributed by atoms with Gasteiger partial charge in [-0.25, -0.2) is 4.79 Å². The molecule has 1 aliphatic rings. The van der Waals surface area contributed by atoms with Crippen molar-refractivity contribution in [3.63, 3.8) is 0 Å². The molecule has 0 saturated heterocycles. The van der Waals surface area contributed by atoms with Gasteiger partial charge in [-0.3, -0.25) is 0 Å². The summed E-state index contributed by atoms with van der Waals surface area (Å²) in [6.45, 7) is 1.85. The van der Waals surface area contributed by atoms with Gasteiger partial charge in [0.15, 0.2) is 11.5 Å². The highest BCUT2D eigenvalue weighted by atomic mass is 35.5. The van der Waals surface area contributed by atoms with Gasteiger partial charge in [0.25, 0.3) is 0 Å². The molecule has 1 fully saturated rings. The zero-order valence-electron chi connectivity index (χ0n) is 11.0. The van der Waals surface area contributed by atoms with Crippen LogP contribution < -0.4 is 4.74 Å². The number of hydrogen-bond donors (Lipinski definition) is 1. The number of benzene rings is 1. The molecule has 1 aliphatic carbocycles. The summed E-state index contributed by atoms with van der Waals surface area (Å²) in [5, 5.41) is 10.8. The minimum absolute atomic E-state index is 0.0200. The van der Waals surface area contributed by atoms with E-state index in [0.717, 1.165) is 31.2 Å². The van der Waals surface area contributed by atoms with Crippen molar-refractivity contribution in [2.24, 2.45) is 4.99 Å². The normalized spacial score (nSPS) is 17.0. The molecule has 5 heteroatoms. The Bertz CT molecular complexity index is 544. The lowest BCUT2D eigenvalue weighted by Gasteiger charge is -2.27. The van der Waals surface area contributed by atoms with Crippen LogP contribution in [0.1, 0.15) is 36.8 Å². The Labute approximate surface area is 117 Å². The third-order valence-electron chi connectivity index (χ3n) is 3.77. The average molecular weight is 282 g/mol. The number of aromatic hydroxyl groups is 1. The van der Waals surface area contributed by atoms with E-state index in [-0.39, 0.29) is 11.5 Å². The topological polar surface area (TPSA) is 58.9 Å². The van der Waals surface area contributed by atoms with Crippen molar-refractivity contribution in [2.45, 2.75) is 38.1 Å². The number of aliphatic imine (C=N–C) groups is 1. The van der Waals surface area contributed by atoms with Crippen molar-refractivity contribution in [1.82, 2.24) is 0 Å². The molecule has 4 nitrogen and oxygen atoms in total. The summed E-state index contributed by atoms with van der Waals surface area (Å²) in [4.78, 5) is 14.7. The van der Waals surface area contributed by atoms with Crippen LogP contribution in [0.25, 0.3) is 0 Å². The summed E-state index contributed by atoms with van der Waals surface area (Å²) < 4.78 is 5.13. The molecule has 0 heterocycles. The molecule has 0 amide bonds. The maximum Gasteiger partial charge on any atom is 0.235 e. The van der Waals surface area contributed by atoms with Gasteiger partial charge in [-0.05, 0) is 31.4 Å². The van der Waals surface area contributed by atoms with Gasteiger partial charge in [0.2, 0.25) is 6.08 Å². The molecule has 1 saturated carbocycles. The number of ether oxygens (including phenoxy) is 1. The van der Waals surface area contributed by atoms with Gasteiger partial charge < -0.3 is 9.84 Å². The number of halogens is 1. The van der Waals surface area contributed by atoms with E-state index in [1.54, 1.807) is 12.1 Å². The SMILES string of the molecule is COc1c(Cl)cc(C)c(C2(N=C=O)CCCC2)c1O.